The Bertz CT molecular complexity index is 805. The van der Waals surface area contributed by atoms with Crippen molar-refractivity contribution < 1.29 is 23.9 Å². The second-order valence-electron chi connectivity index (χ2n) is 8.06. The highest BCUT2D eigenvalue weighted by molar-refractivity contribution is 6.08. The van der Waals surface area contributed by atoms with Gasteiger partial charge < -0.3 is 10.1 Å². The molecule has 7 heteroatoms. The summed E-state index contributed by atoms with van der Waals surface area (Å²) in [5.74, 6) is -2.45. The standard InChI is InChI=1S/C22H28N2O5/c1-12-8-7-9-13(2)18(12)23-19(25)15(4)29-22(28)14(3)24-20(26)16-10-5-6-11-17(16)21(24)27/h7-9,14-17H,5-6,10-11H2,1-4H3,(H,23,25)/t14-,15-,16-,17+/m0/s1. The Morgan fingerprint density at radius 2 is 1.55 bits per heavy atom. The molecule has 2 fully saturated rings. The number of carbonyl (C=O) groups is 4. The SMILES string of the molecule is Cc1cccc(C)c1NC(=O)[C@H](C)OC(=O)[C@H](C)N1C(=O)[C@H]2CCCC[C@H]2C1=O. The minimum absolute atomic E-state index is 0.295. The zero-order valence-electron chi connectivity index (χ0n) is 17.4. The van der Waals surface area contributed by atoms with Crippen LogP contribution in [0.2, 0.25) is 0 Å². The first kappa shape index (κ1) is 21.0. The van der Waals surface area contributed by atoms with Gasteiger partial charge in [-0.15, -0.1) is 0 Å². The van der Waals surface area contributed by atoms with Gasteiger partial charge in [-0.3, -0.25) is 19.3 Å². The number of aryl methyl sites for hydroxylation is 2. The second-order valence-corrected chi connectivity index (χ2v) is 8.06. The maximum Gasteiger partial charge on any atom is 0.329 e. The molecule has 4 atom stereocenters. The normalized spacial score (nSPS) is 23.4. The fourth-order valence-corrected chi connectivity index (χ4v) is 4.24. The fourth-order valence-electron chi connectivity index (χ4n) is 4.24. The molecule has 3 rings (SSSR count). The fraction of sp³-hybridized carbons (Fsp3) is 0.545. The van der Waals surface area contributed by atoms with Gasteiger partial charge in [0, 0.05) is 5.69 Å². The lowest BCUT2D eigenvalue weighted by Gasteiger charge is -2.23. The average molecular weight is 400 g/mol. The molecule has 1 N–H and O–H groups in total. The van der Waals surface area contributed by atoms with E-state index in [9.17, 15) is 19.2 Å². The summed E-state index contributed by atoms with van der Waals surface area (Å²) in [6.45, 7) is 6.71. The number of esters is 1. The summed E-state index contributed by atoms with van der Waals surface area (Å²) in [6.07, 6.45) is 2.15. The summed E-state index contributed by atoms with van der Waals surface area (Å²) in [7, 11) is 0. The van der Waals surface area contributed by atoms with E-state index in [1.54, 1.807) is 0 Å². The number of nitrogens with zero attached hydrogens (tertiary/aromatic N) is 1. The highest BCUT2D eigenvalue weighted by Crippen LogP contribution is 2.39. The number of imide groups is 1. The molecule has 7 nitrogen and oxygen atoms in total. The predicted octanol–water partition coefficient (Wildman–Crippen LogP) is 2.74. The third kappa shape index (κ3) is 4.04. The van der Waals surface area contributed by atoms with Crippen LogP contribution in [0.15, 0.2) is 18.2 Å². The molecule has 0 bridgehead atoms. The number of anilines is 1. The number of nitrogens with one attached hydrogen (secondary N) is 1. The first-order valence-electron chi connectivity index (χ1n) is 10.2. The van der Waals surface area contributed by atoms with Crippen molar-refractivity contribution in [1.82, 2.24) is 4.90 Å². The lowest BCUT2D eigenvalue weighted by molar-refractivity contribution is -0.163. The third-order valence-electron chi connectivity index (χ3n) is 6.00. The number of para-hydroxylation sites is 1. The highest BCUT2D eigenvalue weighted by atomic mass is 16.5. The second kappa shape index (κ2) is 8.35. The van der Waals surface area contributed by atoms with E-state index in [1.165, 1.54) is 13.8 Å². The van der Waals surface area contributed by atoms with Crippen molar-refractivity contribution in [3.05, 3.63) is 29.3 Å². The summed E-state index contributed by atoms with van der Waals surface area (Å²) < 4.78 is 5.29. The topological polar surface area (TPSA) is 92.8 Å². The van der Waals surface area contributed by atoms with Gasteiger partial charge in [-0.2, -0.15) is 0 Å². The van der Waals surface area contributed by atoms with Crippen LogP contribution in [-0.4, -0.2) is 40.7 Å². The molecule has 3 amide bonds. The Labute approximate surface area is 170 Å². The van der Waals surface area contributed by atoms with Crippen LogP contribution in [0.5, 0.6) is 0 Å². The van der Waals surface area contributed by atoms with Gasteiger partial charge in [-0.1, -0.05) is 31.0 Å². The number of hydrogen-bond donors (Lipinski definition) is 1. The van der Waals surface area contributed by atoms with E-state index >= 15 is 0 Å². The number of fused-ring (bicyclic) bond motifs is 1. The quantitative estimate of drug-likeness (QED) is 0.606. The molecule has 0 spiro atoms. The van der Waals surface area contributed by atoms with Crippen molar-refractivity contribution in [1.29, 1.82) is 0 Å². The van der Waals surface area contributed by atoms with Crippen molar-refractivity contribution in [3.63, 3.8) is 0 Å². The third-order valence-corrected chi connectivity index (χ3v) is 6.00. The number of likely N-dealkylation sites (tertiary alicyclic amines) is 1. The summed E-state index contributed by atoms with van der Waals surface area (Å²) in [6, 6.07) is 4.61. The Kier molecular flexibility index (Phi) is 6.05. The predicted molar refractivity (Wildman–Crippen MR) is 107 cm³/mol. The van der Waals surface area contributed by atoms with Gasteiger partial charge in [0.05, 0.1) is 11.8 Å². The molecule has 0 radical (unpaired) electrons. The van der Waals surface area contributed by atoms with E-state index in [1.807, 2.05) is 32.0 Å². The number of carbonyl (C=O) groups excluding carboxylic acids is 4. The van der Waals surface area contributed by atoms with Gasteiger partial charge in [-0.05, 0) is 51.7 Å². The molecule has 0 unspecified atom stereocenters. The van der Waals surface area contributed by atoms with Crippen LogP contribution < -0.4 is 5.32 Å². The lowest BCUT2D eigenvalue weighted by atomic mass is 9.81. The number of rotatable bonds is 5. The zero-order valence-corrected chi connectivity index (χ0v) is 17.4. The van der Waals surface area contributed by atoms with Gasteiger partial charge in [0.2, 0.25) is 11.8 Å². The largest absolute Gasteiger partial charge is 0.451 e. The molecule has 1 aromatic carbocycles. The zero-order chi connectivity index (χ0) is 21.3. The van der Waals surface area contributed by atoms with Gasteiger partial charge in [0.25, 0.3) is 5.91 Å². The van der Waals surface area contributed by atoms with Gasteiger partial charge in [0.15, 0.2) is 6.10 Å². The molecule has 156 valence electrons. The Hall–Kier alpha value is -2.70. The maximum atomic E-state index is 12.6. The Morgan fingerprint density at radius 3 is 2.07 bits per heavy atom. The number of amides is 3. The molecule has 1 heterocycles. The van der Waals surface area contributed by atoms with Crippen LogP contribution in [0.3, 0.4) is 0 Å². The maximum absolute atomic E-state index is 12.6. The Morgan fingerprint density at radius 1 is 1.03 bits per heavy atom. The molecular weight excluding hydrogens is 372 g/mol. The summed E-state index contributed by atoms with van der Waals surface area (Å²) >= 11 is 0. The molecule has 1 aliphatic carbocycles. The van der Waals surface area contributed by atoms with Crippen LogP contribution in [0.1, 0.15) is 50.7 Å². The summed E-state index contributed by atoms with van der Waals surface area (Å²) in [4.78, 5) is 51.4. The van der Waals surface area contributed by atoms with E-state index < -0.39 is 24.0 Å². The van der Waals surface area contributed by atoms with Crippen LogP contribution >= 0.6 is 0 Å². The molecule has 2 aliphatic rings. The number of hydrogen-bond acceptors (Lipinski definition) is 5. The van der Waals surface area contributed by atoms with E-state index in [2.05, 4.69) is 5.32 Å². The van der Waals surface area contributed by atoms with E-state index in [-0.39, 0.29) is 23.7 Å². The van der Waals surface area contributed by atoms with Crippen LogP contribution in [0.4, 0.5) is 5.69 Å². The molecule has 1 aliphatic heterocycles. The molecule has 1 aromatic rings. The minimum Gasteiger partial charge on any atom is -0.451 e. The van der Waals surface area contributed by atoms with Crippen molar-refractivity contribution in [2.75, 3.05) is 5.32 Å². The Balaban J connectivity index is 1.64. The van der Waals surface area contributed by atoms with Gasteiger partial charge >= 0.3 is 5.97 Å². The summed E-state index contributed by atoms with van der Waals surface area (Å²) in [5, 5.41) is 2.79. The van der Waals surface area contributed by atoms with Crippen LogP contribution in [-0.2, 0) is 23.9 Å². The smallest absolute Gasteiger partial charge is 0.329 e. The molecule has 1 saturated heterocycles. The first-order chi connectivity index (χ1) is 13.7. The molecule has 29 heavy (non-hydrogen) atoms. The monoisotopic (exact) mass is 400 g/mol. The molecular formula is C22H28N2O5. The van der Waals surface area contributed by atoms with Crippen molar-refractivity contribution in [3.8, 4) is 0 Å². The van der Waals surface area contributed by atoms with Crippen molar-refractivity contribution in [2.24, 2.45) is 11.8 Å². The summed E-state index contributed by atoms with van der Waals surface area (Å²) in [5.41, 5.74) is 2.49. The number of ether oxygens (including phenoxy) is 1. The van der Waals surface area contributed by atoms with E-state index in [4.69, 9.17) is 4.74 Å². The molecule has 0 aromatic heterocycles. The molecule has 1 saturated carbocycles. The first-order valence-corrected chi connectivity index (χ1v) is 10.2. The van der Waals surface area contributed by atoms with Crippen LogP contribution in [0.25, 0.3) is 0 Å². The van der Waals surface area contributed by atoms with Gasteiger partial charge in [-0.25, -0.2) is 4.79 Å². The van der Waals surface area contributed by atoms with Crippen molar-refractivity contribution >= 4 is 29.4 Å². The van der Waals surface area contributed by atoms with Crippen LogP contribution in [0, 0.1) is 25.7 Å². The highest BCUT2D eigenvalue weighted by Gasteiger charge is 2.51. The number of benzene rings is 1. The average Bonchev–Trinajstić information content (AvgIpc) is 2.95. The van der Waals surface area contributed by atoms with E-state index in [0.717, 1.165) is 28.9 Å². The van der Waals surface area contributed by atoms with Crippen molar-refractivity contribution in [2.45, 2.75) is 65.5 Å². The van der Waals surface area contributed by atoms with Gasteiger partial charge in [0.1, 0.15) is 6.04 Å². The van der Waals surface area contributed by atoms with E-state index in [0.29, 0.717) is 18.5 Å². The minimum atomic E-state index is -1.06. The lowest BCUT2D eigenvalue weighted by Crippen LogP contribution is -2.46.